The molecule has 1 heterocycles. The maximum absolute atomic E-state index is 13.0. The summed E-state index contributed by atoms with van der Waals surface area (Å²) in [4.78, 5) is 8.75. The fourth-order valence-corrected chi connectivity index (χ4v) is 2.23. The highest BCUT2D eigenvalue weighted by Crippen LogP contribution is 2.23. The number of rotatable bonds is 4. The van der Waals surface area contributed by atoms with Gasteiger partial charge in [-0.25, -0.2) is 14.4 Å². The molecule has 2 aromatic carbocycles. The third kappa shape index (κ3) is 3.09. The number of allylic oxidation sites excluding steroid dienone is 1. The van der Waals surface area contributed by atoms with Crippen molar-refractivity contribution < 1.29 is 4.39 Å². The van der Waals surface area contributed by atoms with Crippen LogP contribution in [0.5, 0.6) is 0 Å². The Morgan fingerprint density at radius 1 is 0.818 bits per heavy atom. The van der Waals surface area contributed by atoms with E-state index in [1.165, 1.54) is 12.1 Å². The molecule has 0 N–H and O–H groups in total. The molecule has 0 radical (unpaired) electrons. The molecule has 0 aliphatic rings. The summed E-state index contributed by atoms with van der Waals surface area (Å²) in [5, 5.41) is 0. The van der Waals surface area contributed by atoms with Crippen molar-refractivity contribution in [1.29, 1.82) is 0 Å². The lowest BCUT2D eigenvalue weighted by molar-refractivity contribution is 0.628. The highest BCUT2D eigenvalue weighted by molar-refractivity contribution is 5.67. The number of halogens is 1. The van der Waals surface area contributed by atoms with E-state index in [9.17, 15) is 4.39 Å². The Balaban J connectivity index is 1.84. The van der Waals surface area contributed by atoms with Crippen LogP contribution in [-0.2, 0) is 6.42 Å². The van der Waals surface area contributed by atoms with Crippen LogP contribution in [0, 0.1) is 5.82 Å². The fraction of sp³-hybridized carbons (Fsp3) is 0.0526. The predicted octanol–water partition coefficient (Wildman–Crippen LogP) is 4.68. The number of nitrogens with zero attached hydrogens (tertiary/aromatic N) is 2. The van der Waals surface area contributed by atoms with Crippen molar-refractivity contribution in [1.82, 2.24) is 9.97 Å². The van der Waals surface area contributed by atoms with Crippen molar-refractivity contribution in [2.75, 3.05) is 0 Å². The lowest BCUT2D eigenvalue weighted by atomic mass is 10.0. The first-order chi connectivity index (χ1) is 10.8. The Morgan fingerprint density at radius 2 is 1.32 bits per heavy atom. The van der Waals surface area contributed by atoms with Crippen LogP contribution < -0.4 is 0 Å². The van der Waals surface area contributed by atoms with Gasteiger partial charge in [-0.3, -0.25) is 0 Å². The van der Waals surface area contributed by atoms with Crippen LogP contribution in [0.15, 0.2) is 73.6 Å². The largest absolute Gasteiger partial charge is 0.236 e. The van der Waals surface area contributed by atoms with Gasteiger partial charge in [-0.1, -0.05) is 42.5 Å². The lowest BCUT2D eigenvalue weighted by Gasteiger charge is -2.04. The standard InChI is InChI=1S/C19H15FN2/c1-2-3-14-12-21-19(22-13-14)17-6-4-15(5-7-17)16-8-10-18(20)11-9-16/h2,4-13H,1,3H2. The lowest BCUT2D eigenvalue weighted by Crippen LogP contribution is -1.91. The van der Waals surface area contributed by atoms with Crippen molar-refractivity contribution in [2.45, 2.75) is 6.42 Å². The molecular formula is C19H15FN2. The van der Waals surface area contributed by atoms with Crippen molar-refractivity contribution in [2.24, 2.45) is 0 Å². The van der Waals surface area contributed by atoms with Crippen LogP contribution in [0.4, 0.5) is 4.39 Å². The summed E-state index contributed by atoms with van der Waals surface area (Å²) in [6.07, 6.45) is 6.23. The maximum Gasteiger partial charge on any atom is 0.159 e. The van der Waals surface area contributed by atoms with E-state index >= 15 is 0 Å². The normalized spacial score (nSPS) is 10.4. The van der Waals surface area contributed by atoms with E-state index in [-0.39, 0.29) is 5.82 Å². The minimum absolute atomic E-state index is 0.228. The third-order valence-corrected chi connectivity index (χ3v) is 3.41. The van der Waals surface area contributed by atoms with Gasteiger partial charge in [0.1, 0.15) is 5.82 Å². The first kappa shape index (κ1) is 14.1. The average Bonchev–Trinajstić information content (AvgIpc) is 2.57. The summed E-state index contributed by atoms with van der Waals surface area (Å²) in [6.45, 7) is 3.70. The molecule has 108 valence electrons. The molecule has 3 rings (SSSR count). The smallest absolute Gasteiger partial charge is 0.159 e. The molecule has 2 nitrogen and oxygen atoms in total. The second kappa shape index (κ2) is 6.31. The van der Waals surface area contributed by atoms with Gasteiger partial charge in [0.25, 0.3) is 0 Å². The Hall–Kier alpha value is -2.81. The van der Waals surface area contributed by atoms with Crippen molar-refractivity contribution in [3.05, 3.63) is 85.0 Å². The van der Waals surface area contributed by atoms with Gasteiger partial charge in [0.15, 0.2) is 5.82 Å². The molecule has 0 saturated heterocycles. The quantitative estimate of drug-likeness (QED) is 0.652. The zero-order chi connectivity index (χ0) is 15.4. The highest BCUT2D eigenvalue weighted by Gasteiger charge is 2.03. The summed E-state index contributed by atoms with van der Waals surface area (Å²) in [6, 6.07) is 14.4. The molecule has 0 aliphatic carbocycles. The van der Waals surface area contributed by atoms with Crippen LogP contribution in [0.3, 0.4) is 0 Å². The molecule has 0 fully saturated rings. The van der Waals surface area contributed by atoms with Gasteiger partial charge >= 0.3 is 0 Å². The Labute approximate surface area is 129 Å². The van der Waals surface area contributed by atoms with Crippen LogP contribution in [0.1, 0.15) is 5.56 Å². The number of hydrogen-bond acceptors (Lipinski definition) is 2. The topological polar surface area (TPSA) is 25.8 Å². The molecule has 22 heavy (non-hydrogen) atoms. The molecule has 0 saturated carbocycles. The number of benzene rings is 2. The first-order valence-corrected chi connectivity index (χ1v) is 7.04. The fourth-order valence-electron chi connectivity index (χ4n) is 2.23. The molecule has 3 heteroatoms. The molecular weight excluding hydrogens is 275 g/mol. The minimum Gasteiger partial charge on any atom is -0.236 e. The van der Waals surface area contributed by atoms with E-state index in [4.69, 9.17) is 0 Å². The first-order valence-electron chi connectivity index (χ1n) is 7.04. The van der Waals surface area contributed by atoms with E-state index in [0.717, 1.165) is 28.7 Å². The van der Waals surface area contributed by atoms with Crippen molar-refractivity contribution in [3.8, 4) is 22.5 Å². The monoisotopic (exact) mass is 290 g/mol. The molecule has 0 unspecified atom stereocenters. The number of hydrogen-bond donors (Lipinski definition) is 0. The van der Waals surface area contributed by atoms with Crippen LogP contribution in [0.25, 0.3) is 22.5 Å². The summed E-state index contributed by atoms with van der Waals surface area (Å²) in [5.41, 5.74) is 4.01. The molecule has 0 bridgehead atoms. The van der Waals surface area contributed by atoms with E-state index in [1.54, 1.807) is 12.1 Å². The molecule has 0 spiro atoms. The van der Waals surface area contributed by atoms with Gasteiger partial charge in [0, 0.05) is 18.0 Å². The highest BCUT2D eigenvalue weighted by atomic mass is 19.1. The molecule has 0 amide bonds. The van der Waals surface area contributed by atoms with Crippen LogP contribution in [-0.4, -0.2) is 9.97 Å². The summed E-state index contributed by atoms with van der Waals surface area (Å²) < 4.78 is 13.0. The SMILES string of the molecule is C=CCc1cnc(-c2ccc(-c3ccc(F)cc3)cc2)nc1. The molecule has 0 aliphatic heterocycles. The van der Waals surface area contributed by atoms with Gasteiger partial charge in [-0.05, 0) is 35.2 Å². The Morgan fingerprint density at radius 3 is 1.86 bits per heavy atom. The zero-order valence-corrected chi connectivity index (χ0v) is 12.0. The summed E-state index contributed by atoms with van der Waals surface area (Å²) in [5.74, 6) is 0.465. The second-order valence-corrected chi connectivity index (χ2v) is 4.99. The van der Waals surface area contributed by atoms with Gasteiger partial charge in [-0.15, -0.1) is 6.58 Å². The second-order valence-electron chi connectivity index (χ2n) is 4.99. The van der Waals surface area contributed by atoms with Gasteiger partial charge in [0.05, 0.1) is 0 Å². The molecule has 3 aromatic rings. The summed E-state index contributed by atoms with van der Waals surface area (Å²) >= 11 is 0. The summed E-state index contributed by atoms with van der Waals surface area (Å²) in [7, 11) is 0. The van der Waals surface area contributed by atoms with Crippen molar-refractivity contribution in [3.63, 3.8) is 0 Å². The number of aromatic nitrogens is 2. The molecule has 1 aromatic heterocycles. The van der Waals surface area contributed by atoms with E-state index in [1.807, 2.05) is 42.7 Å². The predicted molar refractivity (Wildman–Crippen MR) is 86.8 cm³/mol. The third-order valence-electron chi connectivity index (χ3n) is 3.41. The van der Waals surface area contributed by atoms with Crippen LogP contribution >= 0.6 is 0 Å². The van der Waals surface area contributed by atoms with Gasteiger partial charge in [0.2, 0.25) is 0 Å². The zero-order valence-electron chi connectivity index (χ0n) is 12.0. The van der Waals surface area contributed by atoms with E-state index in [2.05, 4.69) is 16.5 Å². The van der Waals surface area contributed by atoms with Gasteiger partial charge < -0.3 is 0 Å². The Bertz CT molecular complexity index is 760. The average molecular weight is 290 g/mol. The van der Waals surface area contributed by atoms with Crippen LogP contribution in [0.2, 0.25) is 0 Å². The molecule has 0 atom stereocenters. The minimum atomic E-state index is -0.228. The van der Waals surface area contributed by atoms with E-state index < -0.39 is 0 Å². The Kier molecular flexibility index (Phi) is 4.05. The van der Waals surface area contributed by atoms with E-state index in [0.29, 0.717) is 5.82 Å². The maximum atomic E-state index is 13.0. The van der Waals surface area contributed by atoms with Gasteiger partial charge in [-0.2, -0.15) is 0 Å². The van der Waals surface area contributed by atoms with Crippen molar-refractivity contribution >= 4 is 0 Å².